The Labute approximate surface area is 234 Å². The van der Waals surface area contributed by atoms with E-state index in [-0.39, 0.29) is 6.10 Å². The van der Waals surface area contributed by atoms with Crippen molar-refractivity contribution in [3.05, 3.63) is 112 Å². The Morgan fingerprint density at radius 1 is 0.789 bits per heavy atom. The molecule has 4 aromatic carbocycles. The van der Waals surface area contributed by atoms with Gasteiger partial charge < -0.3 is 19.5 Å². The van der Waals surface area contributed by atoms with Crippen molar-refractivity contribution in [3.8, 4) is 5.75 Å². The second-order valence-corrected chi connectivity index (χ2v) is 10.5. The molecule has 0 radical (unpaired) electrons. The summed E-state index contributed by atoms with van der Waals surface area (Å²) in [4.78, 5) is 0. The van der Waals surface area contributed by atoms with Crippen molar-refractivity contribution >= 4 is 34.0 Å². The highest BCUT2D eigenvalue weighted by atomic mass is 35.5. The number of rotatable bonds is 11. The zero-order valence-corrected chi connectivity index (χ0v) is 22.9. The van der Waals surface area contributed by atoms with Crippen molar-refractivity contribution in [2.75, 3.05) is 26.3 Å². The Balaban J connectivity index is 1.08. The number of ether oxygens (including phenoxy) is 3. The third-order valence-corrected chi connectivity index (χ3v) is 7.73. The highest BCUT2D eigenvalue weighted by Crippen LogP contribution is 2.30. The average molecular weight is 551 g/mol. The summed E-state index contributed by atoms with van der Waals surface area (Å²) in [5.74, 6) is 1.22. The predicted octanol–water partition coefficient (Wildman–Crippen LogP) is 7.79. The number of benzene rings is 4. The molecule has 1 heterocycles. The lowest BCUT2D eigenvalue weighted by Gasteiger charge is -2.32. The monoisotopic (exact) mass is 549 g/mol. The van der Waals surface area contributed by atoms with E-state index in [0.717, 1.165) is 37.2 Å². The predicted molar refractivity (Wildman–Crippen MR) is 155 cm³/mol. The minimum Gasteiger partial charge on any atom is -0.494 e. The summed E-state index contributed by atoms with van der Waals surface area (Å²) in [5.41, 5.74) is 3.32. The zero-order chi connectivity index (χ0) is 26.2. The van der Waals surface area contributed by atoms with Crippen LogP contribution in [0.15, 0.2) is 84.9 Å². The molecule has 1 aliphatic rings. The first kappa shape index (κ1) is 27.0. The van der Waals surface area contributed by atoms with Crippen LogP contribution in [0.2, 0.25) is 10.0 Å². The highest BCUT2D eigenvalue weighted by Gasteiger charge is 2.27. The number of hydrogen-bond donors (Lipinski definition) is 1. The Hall–Kier alpha value is -2.60. The molecular weight excluding hydrogens is 517 g/mol. The maximum Gasteiger partial charge on any atom is 0.119 e. The molecule has 4 nitrogen and oxygen atoms in total. The number of nitrogens with one attached hydrogen (secondary N) is 1. The molecule has 1 fully saturated rings. The van der Waals surface area contributed by atoms with Crippen molar-refractivity contribution in [2.24, 2.45) is 0 Å². The van der Waals surface area contributed by atoms with Gasteiger partial charge in [-0.15, -0.1) is 0 Å². The fourth-order valence-corrected chi connectivity index (χ4v) is 5.43. The van der Waals surface area contributed by atoms with E-state index in [1.807, 2.05) is 18.2 Å². The standard InChI is InChI=1S/C32H33Cl2NO3/c33-30-7-3-8-31(34)29(30)22-36-17-4-18-37-27-13-11-25(12-14-27)28-15-16-35-20-32(28)38-21-23-9-10-24-5-1-2-6-26(24)19-23/h1-3,5-14,19,28,32,35H,4,15-18,20-22H2. The summed E-state index contributed by atoms with van der Waals surface area (Å²) in [6.07, 6.45) is 1.96. The lowest BCUT2D eigenvalue weighted by molar-refractivity contribution is 0.0106. The number of fused-ring (bicyclic) bond motifs is 1. The lowest BCUT2D eigenvalue weighted by Crippen LogP contribution is -2.40. The average Bonchev–Trinajstić information content (AvgIpc) is 2.95. The first-order valence-electron chi connectivity index (χ1n) is 13.2. The Morgan fingerprint density at radius 3 is 2.39 bits per heavy atom. The van der Waals surface area contributed by atoms with Crippen molar-refractivity contribution in [1.82, 2.24) is 5.32 Å². The van der Waals surface area contributed by atoms with Crippen LogP contribution in [0, 0.1) is 0 Å². The minimum absolute atomic E-state index is 0.130. The third kappa shape index (κ3) is 7.07. The molecule has 2 unspecified atom stereocenters. The van der Waals surface area contributed by atoms with Gasteiger partial charge in [0, 0.05) is 34.5 Å². The second kappa shape index (κ2) is 13.5. The van der Waals surface area contributed by atoms with Crippen LogP contribution in [0.5, 0.6) is 5.75 Å². The number of halogens is 2. The molecule has 198 valence electrons. The molecule has 1 aliphatic heterocycles. The highest BCUT2D eigenvalue weighted by molar-refractivity contribution is 6.35. The van der Waals surface area contributed by atoms with E-state index in [1.165, 1.54) is 21.9 Å². The summed E-state index contributed by atoms with van der Waals surface area (Å²) in [5, 5.41) is 7.26. The fraction of sp³-hybridized carbons (Fsp3) is 0.312. The Morgan fingerprint density at radius 2 is 1.58 bits per heavy atom. The molecule has 0 amide bonds. The van der Waals surface area contributed by atoms with Crippen LogP contribution in [-0.4, -0.2) is 32.4 Å². The molecule has 38 heavy (non-hydrogen) atoms. The second-order valence-electron chi connectivity index (χ2n) is 9.65. The molecule has 5 rings (SSSR count). The van der Waals surface area contributed by atoms with E-state index in [0.29, 0.717) is 42.4 Å². The maximum absolute atomic E-state index is 6.44. The summed E-state index contributed by atoms with van der Waals surface area (Å²) < 4.78 is 18.1. The van der Waals surface area contributed by atoms with Crippen LogP contribution in [-0.2, 0) is 22.7 Å². The van der Waals surface area contributed by atoms with Gasteiger partial charge in [-0.2, -0.15) is 0 Å². The lowest BCUT2D eigenvalue weighted by atomic mass is 9.87. The largest absolute Gasteiger partial charge is 0.494 e. The SMILES string of the molecule is Clc1cccc(Cl)c1COCCCOc1ccc(C2CCNCC2OCc2ccc3ccccc3c2)cc1. The van der Waals surface area contributed by atoms with Crippen molar-refractivity contribution in [3.63, 3.8) is 0 Å². The minimum atomic E-state index is 0.130. The summed E-state index contributed by atoms with van der Waals surface area (Å²) >= 11 is 12.4. The smallest absolute Gasteiger partial charge is 0.119 e. The molecule has 0 spiro atoms. The van der Waals surface area contributed by atoms with Gasteiger partial charge in [0.25, 0.3) is 0 Å². The maximum atomic E-state index is 6.44. The molecule has 6 heteroatoms. The molecule has 0 bridgehead atoms. The molecule has 2 atom stereocenters. The molecule has 0 aromatic heterocycles. The van der Waals surface area contributed by atoms with Gasteiger partial charge in [-0.05, 0) is 65.2 Å². The first-order chi connectivity index (χ1) is 18.7. The van der Waals surface area contributed by atoms with E-state index >= 15 is 0 Å². The van der Waals surface area contributed by atoms with Crippen LogP contribution in [0.25, 0.3) is 10.8 Å². The summed E-state index contributed by atoms with van der Waals surface area (Å²) in [7, 11) is 0. The van der Waals surface area contributed by atoms with Gasteiger partial charge in [-0.1, -0.05) is 77.8 Å². The molecule has 4 aromatic rings. The van der Waals surface area contributed by atoms with E-state index in [9.17, 15) is 0 Å². The normalized spacial score (nSPS) is 17.5. The van der Waals surface area contributed by atoms with E-state index in [2.05, 4.69) is 72.0 Å². The van der Waals surface area contributed by atoms with Crippen LogP contribution in [0.1, 0.15) is 35.4 Å². The van der Waals surface area contributed by atoms with Gasteiger partial charge in [-0.25, -0.2) is 0 Å². The third-order valence-electron chi connectivity index (χ3n) is 7.02. The Bertz CT molecular complexity index is 1310. The van der Waals surface area contributed by atoms with Gasteiger partial charge in [0.2, 0.25) is 0 Å². The summed E-state index contributed by atoms with van der Waals surface area (Å²) in [6.45, 7) is 4.02. The van der Waals surface area contributed by atoms with Crippen LogP contribution in [0.3, 0.4) is 0 Å². The van der Waals surface area contributed by atoms with Crippen molar-refractivity contribution < 1.29 is 14.2 Å². The van der Waals surface area contributed by atoms with Gasteiger partial charge in [-0.3, -0.25) is 0 Å². The molecule has 1 N–H and O–H groups in total. The topological polar surface area (TPSA) is 39.7 Å². The number of piperidine rings is 1. The summed E-state index contributed by atoms with van der Waals surface area (Å²) in [6, 6.07) is 28.9. The van der Waals surface area contributed by atoms with Crippen molar-refractivity contribution in [2.45, 2.75) is 38.1 Å². The molecular formula is C32H33Cl2NO3. The van der Waals surface area contributed by atoms with E-state index in [1.54, 1.807) is 0 Å². The van der Waals surface area contributed by atoms with Gasteiger partial charge in [0.05, 0.1) is 32.5 Å². The van der Waals surface area contributed by atoms with E-state index in [4.69, 9.17) is 37.4 Å². The van der Waals surface area contributed by atoms with Gasteiger partial charge in [0.15, 0.2) is 0 Å². The first-order valence-corrected chi connectivity index (χ1v) is 14.0. The molecule has 1 saturated heterocycles. The van der Waals surface area contributed by atoms with Crippen LogP contribution in [0.4, 0.5) is 0 Å². The van der Waals surface area contributed by atoms with Crippen LogP contribution < -0.4 is 10.1 Å². The van der Waals surface area contributed by atoms with Crippen molar-refractivity contribution in [1.29, 1.82) is 0 Å². The van der Waals surface area contributed by atoms with Gasteiger partial charge >= 0.3 is 0 Å². The molecule has 0 aliphatic carbocycles. The zero-order valence-electron chi connectivity index (χ0n) is 21.4. The number of hydrogen-bond acceptors (Lipinski definition) is 4. The molecule has 0 saturated carbocycles. The van der Waals surface area contributed by atoms with E-state index < -0.39 is 0 Å². The fourth-order valence-electron chi connectivity index (χ4n) is 4.92. The van der Waals surface area contributed by atoms with Gasteiger partial charge in [0.1, 0.15) is 5.75 Å². The quantitative estimate of drug-likeness (QED) is 0.194. The Kier molecular flexibility index (Phi) is 9.56. The van der Waals surface area contributed by atoms with Crippen LogP contribution >= 0.6 is 23.2 Å².